The van der Waals surface area contributed by atoms with Crippen LogP contribution in [-0.2, 0) is 4.79 Å². The average Bonchev–Trinajstić information content (AvgIpc) is 2.16. The summed E-state index contributed by atoms with van der Waals surface area (Å²) in [6.07, 6.45) is 2.11. The Kier molecular flexibility index (Phi) is 2.78. The van der Waals surface area contributed by atoms with Crippen LogP contribution in [0.3, 0.4) is 0 Å². The Balaban J connectivity index is 2.30. The van der Waals surface area contributed by atoms with Crippen molar-refractivity contribution in [2.24, 2.45) is 0 Å². The van der Waals surface area contributed by atoms with E-state index in [9.17, 15) is 4.79 Å². The van der Waals surface area contributed by atoms with E-state index in [0.717, 1.165) is 11.3 Å². The monoisotopic (exact) mass is 221 g/mol. The minimum absolute atomic E-state index is 0.0104. The first-order chi connectivity index (χ1) is 7.16. The number of allylic oxidation sites excluding steroid dienone is 2. The molecular weight excluding hydrogens is 210 g/mol. The fraction of sp³-hybridized carbons (Fsp3) is 0.250. The molecule has 1 aliphatic rings. The molecule has 0 aromatic heterocycles. The zero-order valence-corrected chi connectivity index (χ0v) is 9.21. The minimum Gasteiger partial charge on any atom is -0.381 e. The van der Waals surface area contributed by atoms with Gasteiger partial charge in [-0.15, -0.1) is 0 Å². The summed E-state index contributed by atoms with van der Waals surface area (Å²) in [4.78, 5) is 11.4. The predicted molar refractivity (Wildman–Crippen MR) is 60.7 cm³/mol. The van der Waals surface area contributed by atoms with E-state index < -0.39 is 0 Å². The summed E-state index contributed by atoms with van der Waals surface area (Å²) in [5.41, 5.74) is 1.89. The van der Waals surface area contributed by atoms with Crippen molar-refractivity contribution < 1.29 is 4.79 Å². The Hall–Kier alpha value is -1.28. The second-order valence-corrected chi connectivity index (χ2v) is 4.12. The average molecular weight is 222 g/mol. The van der Waals surface area contributed by atoms with Crippen LogP contribution < -0.4 is 5.32 Å². The molecule has 1 heterocycles. The van der Waals surface area contributed by atoms with Crippen molar-refractivity contribution in [2.75, 3.05) is 0 Å². The van der Waals surface area contributed by atoms with Gasteiger partial charge < -0.3 is 5.32 Å². The molecule has 0 aliphatic carbocycles. The molecule has 0 fully saturated rings. The van der Waals surface area contributed by atoms with E-state index >= 15 is 0 Å². The Morgan fingerprint density at radius 3 is 2.80 bits per heavy atom. The highest BCUT2D eigenvalue weighted by Gasteiger charge is 2.20. The van der Waals surface area contributed by atoms with Gasteiger partial charge in [-0.2, -0.15) is 0 Å². The first-order valence-electron chi connectivity index (χ1n) is 4.89. The second-order valence-electron chi connectivity index (χ2n) is 3.72. The van der Waals surface area contributed by atoms with Gasteiger partial charge in [0.25, 0.3) is 0 Å². The quantitative estimate of drug-likeness (QED) is 0.790. The largest absolute Gasteiger partial charge is 0.381 e. The van der Waals surface area contributed by atoms with Crippen molar-refractivity contribution >= 4 is 17.4 Å². The van der Waals surface area contributed by atoms with Gasteiger partial charge in [-0.05, 0) is 24.6 Å². The topological polar surface area (TPSA) is 29.1 Å². The molecule has 1 aliphatic heterocycles. The molecule has 78 valence electrons. The molecule has 0 bridgehead atoms. The highest BCUT2D eigenvalue weighted by molar-refractivity contribution is 6.31. The molecule has 2 nitrogen and oxygen atoms in total. The first-order valence-corrected chi connectivity index (χ1v) is 5.26. The third-order valence-electron chi connectivity index (χ3n) is 2.47. The molecule has 1 aromatic carbocycles. The van der Waals surface area contributed by atoms with E-state index in [0.29, 0.717) is 11.4 Å². The van der Waals surface area contributed by atoms with Crippen molar-refractivity contribution in [1.29, 1.82) is 0 Å². The Morgan fingerprint density at radius 1 is 1.40 bits per heavy atom. The van der Waals surface area contributed by atoms with Crippen molar-refractivity contribution in [3.05, 3.63) is 46.6 Å². The van der Waals surface area contributed by atoms with E-state index in [4.69, 9.17) is 11.6 Å². The summed E-state index contributed by atoms with van der Waals surface area (Å²) in [6, 6.07) is 7.62. The number of benzene rings is 1. The lowest BCUT2D eigenvalue weighted by molar-refractivity contribution is -0.115. The fourth-order valence-corrected chi connectivity index (χ4v) is 2.08. The van der Waals surface area contributed by atoms with Crippen LogP contribution >= 0.6 is 11.6 Å². The molecule has 0 spiro atoms. The van der Waals surface area contributed by atoms with Crippen LogP contribution in [0.5, 0.6) is 0 Å². The molecule has 0 saturated heterocycles. The molecule has 0 saturated carbocycles. The van der Waals surface area contributed by atoms with Crippen LogP contribution in [0.1, 0.15) is 24.9 Å². The van der Waals surface area contributed by atoms with Crippen LogP contribution in [0, 0.1) is 0 Å². The zero-order valence-electron chi connectivity index (χ0n) is 8.46. The van der Waals surface area contributed by atoms with E-state index in [2.05, 4.69) is 5.32 Å². The highest BCUT2D eigenvalue weighted by Crippen LogP contribution is 2.28. The summed E-state index contributed by atoms with van der Waals surface area (Å²) in [5.74, 6) is 0.149. The molecule has 1 unspecified atom stereocenters. The number of carbonyl (C=O) groups is 1. The molecular formula is C12H12ClNO. The maximum atomic E-state index is 11.4. The van der Waals surface area contributed by atoms with Crippen molar-refractivity contribution in [1.82, 2.24) is 5.32 Å². The van der Waals surface area contributed by atoms with Gasteiger partial charge in [-0.1, -0.05) is 29.8 Å². The number of carbonyl (C=O) groups excluding carboxylic acids is 1. The number of ketones is 1. The molecule has 3 heteroatoms. The minimum atomic E-state index is 0.0104. The maximum absolute atomic E-state index is 11.4. The van der Waals surface area contributed by atoms with E-state index in [1.165, 1.54) is 0 Å². The second kappa shape index (κ2) is 4.07. The van der Waals surface area contributed by atoms with Crippen LogP contribution in [-0.4, -0.2) is 5.78 Å². The summed E-state index contributed by atoms with van der Waals surface area (Å²) in [5, 5.41) is 3.97. The molecule has 0 amide bonds. The number of rotatable bonds is 1. The van der Waals surface area contributed by atoms with Gasteiger partial charge in [0.2, 0.25) is 0 Å². The lowest BCUT2D eigenvalue weighted by Crippen LogP contribution is -2.27. The van der Waals surface area contributed by atoms with Crippen LogP contribution in [0.15, 0.2) is 36.0 Å². The Bertz CT molecular complexity index is 425. The normalized spacial score (nSPS) is 20.8. The van der Waals surface area contributed by atoms with E-state index in [-0.39, 0.29) is 11.8 Å². The number of hydrogen-bond donors (Lipinski definition) is 1. The third kappa shape index (κ3) is 2.21. The molecule has 0 radical (unpaired) electrons. The lowest BCUT2D eigenvalue weighted by Gasteiger charge is -2.24. The van der Waals surface area contributed by atoms with Gasteiger partial charge in [0, 0.05) is 17.1 Å². The molecule has 1 N–H and O–H groups in total. The van der Waals surface area contributed by atoms with Crippen LogP contribution in [0.2, 0.25) is 5.02 Å². The van der Waals surface area contributed by atoms with Crippen molar-refractivity contribution in [3.8, 4) is 0 Å². The van der Waals surface area contributed by atoms with E-state index in [1.807, 2.05) is 31.2 Å². The van der Waals surface area contributed by atoms with Gasteiger partial charge in [-0.25, -0.2) is 0 Å². The Labute approximate surface area is 93.9 Å². The summed E-state index contributed by atoms with van der Waals surface area (Å²) < 4.78 is 0. The summed E-state index contributed by atoms with van der Waals surface area (Å²) in [7, 11) is 0. The van der Waals surface area contributed by atoms with Gasteiger partial charge in [0.05, 0.1) is 6.04 Å². The number of nitrogens with one attached hydrogen (secondary N) is 1. The predicted octanol–water partition coefficient (Wildman–Crippen LogP) is 2.85. The number of halogens is 1. The van der Waals surface area contributed by atoms with Gasteiger partial charge in [-0.3, -0.25) is 4.79 Å². The van der Waals surface area contributed by atoms with Crippen molar-refractivity contribution in [3.63, 3.8) is 0 Å². The van der Waals surface area contributed by atoms with Gasteiger partial charge in [0.1, 0.15) is 0 Å². The van der Waals surface area contributed by atoms with Crippen LogP contribution in [0.4, 0.5) is 0 Å². The summed E-state index contributed by atoms with van der Waals surface area (Å²) >= 11 is 6.08. The van der Waals surface area contributed by atoms with Gasteiger partial charge >= 0.3 is 0 Å². The van der Waals surface area contributed by atoms with Crippen molar-refractivity contribution in [2.45, 2.75) is 19.4 Å². The van der Waals surface area contributed by atoms with Gasteiger partial charge in [0.15, 0.2) is 5.78 Å². The lowest BCUT2D eigenvalue weighted by atomic mass is 9.98. The molecule has 1 atom stereocenters. The Morgan fingerprint density at radius 2 is 2.13 bits per heavy atom. The van der Waals surface area contributed by atoms with E-state index in [1.54, 1.807) is 6.08 Å². The molecule has 2 rings (SSSR count). The van der Waals surface area contributed by atoms with Crippen LogP contribution in [0.25, 0.3) is 0 Å². The smallest absolute Gasteiger partial charge is 0.159 e. The third-order valence-corrected chi connectivity index (χ3v) is 2.81. The highest BCUT2D eigenvalue weighted by atomic mass is 35.5. The fourth-order valence-electron chi connectivity index (χ4n) is 1.81. The summed E-state index contributed by atoms with van der Waals surface area (Å²) in [6.45, 7) is 1.89. The standard InChI is InChI=1S/C12H12ClNO/c1-8-6-9(15)7-12(14-8)10-4-2-3-5-11(10)13/h2-6,12,14H,7H2,1H3. The maximum Gasteiger partial charge on any atom is 0.159 e. The molecule has 15 heavy (non-hydrogen) atoms. The first kappa shape index (κ1) is 10.2. The SMILES string of the molecule is CC1=CC(=O)CC(c2ccccc2Cl)N1. The molecule has 1 aromatic rings. The number of hydrogen-bond acceptors (Lipinski definition) is 2. The zero-order chi connectivity index (χ0) is 10.8.